The predicted molar refractivity (Wildman–Crippen MR) is 130 cm³/mol. The Morgan fingerprint density at radius 2 is 1.76 bits per heavy atom. The second-order valence-corrected chi connectivity index (χ2v) is 7.97. The quantitative estimate of drug-likeness (QED) is 0.323. The number of nitrogens with zero attached hydrogens (tertiary/aromatic N) is 3. The average Bonchev–Trinajstić information content (AvgIpc) is 2.78. The number of hydrazone groups is 1. The number of carbonyl (C=O) groups is 2. The van der Waals surface area contributed by atoms with Crippen LogP contribution in [0.2, 0.25) is 0 Å². The van der Waals surface area contributed by atoms with Crippen molar-refractivity contribution < 1.29 is 14.5 Å². The van der Waals surface area contributed by atoms with Gasteiger partial charge >= 0.3 is 0 Å². The van der Waals surface area contributed by atoms with Gasteiger partial charge in [0.2, 0.25) is 0 Å². The maximum atomic E-state index is 12.7. The topological polar surface area (TPSA) is 117 Å². The van der Waals surface area contributed by atoms with Crippen molar-refractivity contribution in [3.63, 3.8) is 0 Å². The zero-order valence-electron chi connectivity index (χ0n) is 19.7. The van der Waals surface area contributed by atoms with E-state index in [2.05, 4.69) is 15.8 Å². The van der Waals surface area contributed by atoms with Gasteiger partial charge in [-0.05, 0) is 44.9 Å². The Morgan fingerprint density at radius 3 is 2.30 bits per heavy atom. The van der Waals surface area contributed by atoms with Crippen LogP contribution in [-0.2, 0) is 4.79 Å². The lowest BCUT2D eigenvalue weighted by Crippen LogP contribution is -2.48. The molecule has 0 saturated heterocycles. The molecule has 0 aliphatic rings. The molecule has 2 aromatic rings. The summed E-state index contributed by atoms with van der Waals surface area (Å²) in [5.41, 5.74) is 5.17. The normalized spacial score (nSPS) is 11.9. The van der Waals surface area contributed by atoms with Gasteiger partial charge in [0.15, 0.2) is 0 Å². The summed E-state index contributed by atoms with van der Waals surface area (Å²) in [6.45, 7) is 11.0. The molecule has 0 radical (unpaired) electrons. The number of aryl methyl sites for hydroxylation is 1. The van der Waals surface area contributed by atoms with Gasteiger partial charge in [-0.2, -0.15) is 5.10 Å². The summed E-state index contributed by atoms with van der Waals surface area (Å²) in [6.07, 6.45) is 1.39. The molecule has 1 unspecified atom stereocenters. The second-order valence-electron chi connectivity index (χ2n) is 7.97. The standard InChI is InChI=1S/C24H31N5O4/c1-6-28(7-2)21-13-12-20(29(32)33)14-19(21)15-25-27-24(31)22(16(3)4)26-23(30)18-10-8-17(5)9-11-18/h8-16,22H,6-7H2,1-5H3,(H,26,30)(H,27,31)/b25-15-. The smallest absolute Gasteiger partial charge is 0.270 e. The summed E-state index contributed by atoms with van der Waals surface area (Å²) in [5.74, 6) is -1.01. The molecule has 0 saturated carbocycles. The first-order chi connectivity index (χ1) is 15.7. The van der Waals surface area contributed by atoms with Crippen molar-refractivity contribution in [1.29, 1.82) is 0 Å². The average molecular weight is 454 g/mol. The number of benzene rings is 2. The first-order valence-electron chi connectivity index (χ1n) is 10.9. The van der Waals surface area contributed by atoms with E-state index in [9.17, 15) is 19.7 Å². The van der Waals surface area contributed by atoms with Crippen LogP contribution in [-0.4, -0.2) is 42.1 Å². The largest absolute Gasteiger partial charge is 0.372 e. The molecule has 0 spiro atoms. The Morgan fingerprint density at radius 1 is 1.12 bits per heavy atom. The Hall–Kier alpha value is -3.75. The minimum Gasteiger partial charge on any atom is -0.372 e. The third kappa shape index (κ3) is 6.86. The number of carbonyl (C=O) groups excluding carboxylic acids is 2. The van der Waals surface area contributed by atoms with Crippen molar-refractivity contribution in [2.24, 2.45) is 11.0 Å². The molecule has 2 amide bonds. The van der Waals surface area contributed by atoms with E-state index in [1.54, 1.807) is 18.2 Å². The Bertz CT molecular complexity index is 1010. The zero-order chi connectivity index (χ0) is 24.5. The van der Waals surface area contributed by atoms with Gasteiger partial charge in [0.05, 0.1) is 11.1 Å². The van der Waals surface area contributed by atoms with Gasteiger partial charge in [-0.1, -0.05) is 31.5 Å². The van der Waals surface area contributed by atoms with Crippen LogP contribution in [0.25, 0.3) is 0 Å². The fraction of sp³-hybridized carbons (Fsp3) is 0.375. The molecule has 2 rings (SSSR count). The molecule has 0 aliphatic carbocycles. The van der Waals surface area contributed by atoms with Crippen molar-refractivity contribution in [2.45, 2.75) is 40.7 Å². The van der Waals surface area contributed by atoms with Gasteiger partial charge in [0.1, 0.15) is 6.04 Å². The molecule has 2 N–H and O–H groups in total. The fourth-order valence-corrected chi connectivity index (χ4v) is 3.31. The van der Waals surface area contributed by atoms with Gasteiger partial charge in [-0.25, -0.2) is 5.43 Å². The molecule has 33 heavy (non-hydrogen) atoms. The van der Waals surface area contributed by atoms with Crippen molar-refractivity contribution in [3.05, 3.63) is 69.3 Å². The van der Waals surface area contributed by atoms with Gasteiger partial charge in [-0.3, -0.25) is 19.7 Å². The highest BCUT2D eigenvalue weighted by Crippen LogP contribution is 2.24. The third-order valence-corrected chi connectivity index (χ3v) is 5.25. The van der Waals surface area contributed by atoms with E-state index < -0.39 is 16.9 Å². The van der Waals surface area contributed by atoms with Crippen molar-refractivity contribution >= 4 is 29.4 Å². The Balaban J connectivity index is 2.18. The van der Waals surface area contributed by atoms with E-state index in [1.165, 1.54) is 18.3 Å². The molecule has 0 bridgehead atoms. The number of nitro groups is 1. The molecule has 176 valence electrons. The van der Waals surface area contributed by atoms with Gasteiger partial charge < -0.3 is 10.2 Å². The number of hydrogen-bond donors (Lipinski definition) is 2. The maximum Gasteiger partial charge on any atom is 0.270 e. The molecule has 0 aliphatic heterocycles. The number of anilines is 1. The van der Waals surface area contributed by atoms with Crippen LogP contribution >= 0.6 is 0 Å². The van der Waals surface area contributed by atoms with E-state index >= 15 is 0 Å². The van der Waals surface area contributed by atoms with E-state index in [4.69, 9.17) is 0 Å². The van der Waals surface area contributed by atoms with Crippen LogP contribution in [0, 0.1) is 23.0 Å². The summed E-state index contributed by atoms with van der Waals surface area (Å²) in [7, 11) is 0. The van der Waals surface area contributed by atoms with Crippen LogP contribution in [0.1, 0.15) is 49.2 Å². The van der Waals surface area contributed by atoms with Gasteiger partial charge in [0, 0.05) is 42.0 Å². The minimum atomic E-state index is -0.802. The summed E-state index contributed by atoms with van der Waals surface area (Å²) in [6, 6.07) is 10.8. The predicted octanol–water partition coefficient (Wildman–Crippen LogP) is 3.65. The first-order valence-corrected chi connectivity index (χ1v) is 10.9. The van der Waals surface area contributed by atoms with Crippen LogP contribution in [0.15, 0.2) is 47.6 Å². The molecular weight excluding hydrogens is 422 g/mol. The highest BCUT2D eigenvalue weighted by molar-refractivity contribution is 5.98. The van der Waals surface area contributed by atoms with E-state index in [0.717, 1.165) is 11.3 Å². The second kappa shape index (κ2) is 11.8. The lowest BCUT2D eigenvalue weighted by Gasteiger charge is -2.23. The molecule has 0 fully saturated rings. The summed E-state index contributed by atoms with van der Waals surface area (Å²) in [4.78, 5) is 38.1. The SMILES string of the molecule is CCN(CC)c1ccc([N+](=O)[O-])cc1/C=N\NC(=O)C(NC(=O)c1ccc(C)cc1)C(C)C. The molecule has 9 heteroatoms. The number of amides is 2. The molecule has 9 nitrogen and oxygen atoms in total. The number of non-ortho nitro benzene ring substituents is 1. The highest BCUT2D eigenvalue weighted by Gasteiger charge is 2.24. The summed E-state index contributed by atoms with van der Waals surface area (Å²) < 4.78 is 0. The van der Waals surface area contributed by atoms with E-state index in [1.807, 2.05) is 51.7 Å². The van der Waals surface area contributed by atoms with Crippen molar-refractivity contribution in [2.75, 3.05) is 18.0 Å². The number of nitro benzene ring substituents is 1. The minimum absolute atomic E-state index is 0.0656. The van der Waals surface area contributed by atoms with E-state index in [0.29, 0.717) is 24.2 Å². The lowest BCUT2D eigenvalue weighted by molar-refractivity contribution is -0.384. The van der Waals surface area contributed by atoms with Crippen molar-refractivity contribution in [3.8, 4) is 0 Å². The third-order valence-electron chi connectivity index (χ3n) is 5.25. The van der Waals surface area contributed by atoms with Crippen LogP contribution in [0.5, 0.6) is 0 Å². The van der Waals surface area contributed by atoms with Crippen LogP contribution in [0.3, 0.4) is 0 Å². The molecule has 0 heterocycles. The van der Waals surface area contributed by atoms with Crippen LogP contribution < -0.4 is 15.6 Å². The molecule has 1 atom stereocenters. The number of hydrogen-bond acceptors (Lipinski definition) is 6. The molecule has 0 aromatic heterocycles. The first kappa shape index (κ1) is 25.5. The lowest BCUT2D eigenvalue weighted by atomic mass is 10.0. The van der Waals surface area contributed by atoms with Crippen molar-refractivity contribution in [1.82, 2.24) is 10.7 Å². The fourth-order valence-electron chi connectivity index (χ4n) is 3.31. The Labute approximate surface area is 194 Å². The van der Waals surface area contributed by atoms with Gasteiger partial charge in [-0.15, -0.1) is 0 Å². The number of nitrogens with one attached hydrogen (secondary N) is 2. The monoisotopic (exact) mass is 453 g/mol. The summed E-state index contributed by atoms with van der Waals surface area (Å²) in [5, 5.41) is 18.0. The maximum absolute atomic E-state index is 12.7. The van der Waals surface area contributed by atoms with Crippen LogP contribution in [0.4, 0.5) is 11.4 Å². The Kier molecular flexibility index (Phi) is 9.08. The number of rotatable bonds is 10. The van der Waals surface area contributed by atoms with Gasteiger partial charge in [0.25, 0.3) is 17.5 Å². The molecule has 2 aromatic carbocycles. The zero-order valence-corrected chi connectivity index (χ0v) is 19.7. The van der Waals surface area contributed by atoms with E-state index in [-0.39, 0.29) is 17.5 Å². The highest BCUT2D eigenvalue weighted by atomic mass is 16.6. The molecular formula is C24H31N5O4. The summed E-state index contributed by atoms with van der Waals surface area (Å²) >= 11 is 0.